The quantitative estimate of drug-likeness (QED) is 0.485. The summed E-state index contributed by atoms with van der Waals surface area (Å²) in [5.74, 6) is -0.567. The molecule has 3 N–H and O–H groups in total. The average Bonchev–Trinajstić information content (AvgIpc) is 3.46. The second-order valence-corrected chi connectivity index (χ2v) is 9.06. The second-order valence-electron chi connectivity index (χ2n) is 9.06. The Morgan fingerprint density at radius 3 is 2.44 bits per heavy atom. The summed E-state index contributed by atoms with van der Waals surface area (Å²) < 4.78 is 10.6. The Bertz CT molecular complexity index is 1190. The minimum absolute atomic E-state index is 0.126. The SMILES string of the molecule is COc1ccc(C2(C)NC(=O)N(CC(=O)Nc3ccccc3C(=O)NC3CCCC3)C2=O)cc1OC. The molecule has 2 aromatic rings. The van der Waals surface area contributed by atoms with Crippen LogP contribution in [0.4, 0.5) is 10.5 Å². The Labute approximate surface area is 209 Å². The highest BCUT2D eigenvalue weighted by atomic mass is 16.5. The highest BCUT2D eigenvalue weighted by molar-refractivity contribution is 6.11. The Balaban J connectivity index is 1.47. The van der Waals surface area contributed by atoms with E-state index in [4.69, 9.17) is 9.47 Å². The molecule has 5 amide bonds. The molecule has 1 aliphatic carbocycles. The minimum Gasteiger partial charge on any atom is -0.493 e. The van der Waals surface area contributed by atoms with Crippen LogP contribution in [0.3, 0.4) is 0 Å². The van der Waals surface area contributed by atoms with E-state index in [0.717, 1.165) is 30.6 Å². The third-order valence-electron chi connectivity index (χ3n) is 6.67. The minimum atomic E-state index is -1.39. The number of amides is 5. The Morgan fingerprint density at radius 2 is 1.75 bits per heavy atom. The molecule has 10 nitrogen and oxygen atoms in total. The summed E-state index contributed by atoms with van der Waals surface area (Å²) in [6, 6.07) is 11.0. The molecule has 1 heterocycles. The van der Waals surface area contributed by atoms with Gasteiger partial charge in [0.15, 0.2) is 11.5 Å². The molecule has 4 rings (SSSR count). The van der Waals surface area contributed by atoms with Gasteiger partial charge in [-0.2, -0.15) is 0 Å². The average molecular weight is 495 g/mol. The van der Waals surface area contributed by atoms with Gasteiger partial charge in [-0.3, -0.25) is 19.3 Å². The molecule has 10 heteroatoms. The Morgan fingerprint density at radius 1 is 1.06 bits per heavy atom. The van der Waals surface area contributed by atoms with Crippen molar-refractivity contribution in [2.45, 2.75) is 44.2 Å². The number of benzene rings is 2. The standard InChI is InChI=1S/C26H30N4O6/c1-26(16-12-13-20(35-2)21(14-16)36-3)24(33)30(25(34)29-26)15-22(31)28-19-11-7-6-10-18(19)23(32)27-17-8-4-5-9-17/h6-7,10-14,17H,4-5,8-9,15H2,1-3H3,(H,27,32)(H,28,31)(H,29,34). The van der Waals surface area contributed by atoms with E-state index in [2.05, 4.69) is 16.0 Å². The van der Waals surface area contributed by atoms with Crippen LogP contribution in [0.15, 0.2) is 42.5 Å². The highest BCUT2D eigenvalue weighted by Crippen LogP contribution is 2.35. The number of rotatable bonds is 8. The Hall–Kier alpha value is -4.08. The van der Waals surface area contributed by atoms with E-state index in [9.17, 15) is 19.2 Å². The van der Waals surface area contributed by atoms with E-state index >= 15 is 0 Å². The maximum absolute atomic E-state index is 13.3. The van der Waals surface area contributed by atoms with Gasteiger partial charge in [0, 0.05) is 6.04 Å². The maximum Gasteiger partial charge on any atom is 0.325 e. The number of carbonyl (C=O) groups is 4. The van der Waals surface area contributed by atoms with Crippen LogP contribution in [-0.2, 0) is 15.1 Å². The predicted molar refractivity (Wildman–Crippen MR) is 132 cm³/mol. The Kier molecular flexibility index (Phi) is 7.14. The first-order valence-electron chi connectivity index (χ1n) is 11.8. The first-order chi connectivity index (χ1) is 17.3. The van der Waals surface area contributed by atoms with E-state index in [1.54, 1.807) is 49.4 Å². The molecule has 1 saturated heterocycles. The maximum atomic E-state index is 13.3. The zero-order valence-corrected chi connectivity index (χ0v) is 20.6. The van der Waals surface area contributed by atoms with Gasteiger partial charge >= 0.3 is 6.03 Å². The van der Waals surface area contributed by atoms with Crippen molar-refractivity contribution < 1.29 is 28.7 Å². The number of anilines is 1. The molecule has 190 valence electrons. The lowest BCUT2D eigenvalue weighted by Gasteiger charge is -2.23. The molecule has 2 aromatic carbocycles. The molecular formula is C26H30N4O6. The van der Waals surface area contributed by atoms with E-state index in [-0.39, 0.29) is 11.9 Å². The fourth-order valence-electron chi connectivity index (χ4n) is 4.64. The van der Waals surface area contributed by atoms with Gasteiger partial charge in [-0.25, -0.2) is 4.79 Å². The van der Waals surface area contributed by atoms with E-state index in [1.807, 2.05) is 0 Å². The van der Waals surface area contributed by atoms with Crippen molar-refractivity contribution in [3.63, 3.8) is 0 Å². The monoisotopic (exact) mass is 494 g/mol. The van der Waals surface area contributed by atoms with Crippen LogP contribution in [0.2, 0.25) is 0 Å². The number of para-hydroxylation sites is 1. The summed E-state index contributed by atoms with van der Waals surface area (Å²) >= 11 is 0. The first-order valence-corrected chi connectivity index (χ1v) is 11.8. The molecule has 1 saturated carbocycles. The second kappa shape index (κ2) is 10.3. The fraction of sp³-hybridized carbons (Fsp3) is 0.385. The lowest BCUT2D eigenvalue weighted by atomic mass is 9.91. The topological polar surface area (TPSA) is 126 Å². The first kappa shape index (κ1) is 25.0. The van der Waals surface area contributed by atoms with Gasteiger partial charge in [-0.05, 0) is 49.6 Å². The van der Waals surface area contributed by atoms with Crippen LogP contribution in [0.25, 0.3) is 0 Å². The van der Waals surface area contributed by atoms with Crippen molar-refractivity contribution in [1.82, 2.24) is 15.5 Å². The summed E-state index contributed by atoms with van der Waals surface area (Å²) in [4.78, 5) is 52.5. The number of urea groups is 1. The number of hydrogen-bond acceptors (Lipinski definition) is 6. The number of nitrogens with one attached hydrogen (secondary N) is 3. The lowest BCUT2D eigenvalue weighted by molar-refractivity contribution is -0.133. The number of hydrogen-bond donors (Lipinski definition) is 3. The zero-order valence-electron chi connectivity index (χ0n) is 20.6. The van der Waals surface area contributed by atoms with Crippen molar-refractivity contribution in [3.05, 3.63) is 53.6 Å². The predicted octanol–water partition coefficient (Wildman–Crippen LogP) is 2.78. The summed E-state index contributed by atoms with van der Waals surface area (Å²) in [7, 11) is 2.97. The van der Waals surface area contributed by atoms with Crippen molar-refractivity contribution >= 4 is 29.4 Å². The van der Waals surface area contributed by atoms with Gasteiger partial charge in [-0.1, -0.05) is 31.0 Å². The van der Waals surface area contributed by atoms with E-state index in [0.29, 0.717) is 28.3 Å². The molecule has 0 radical (unpaired) electrons. The summed E-state index contributed by atoms with van der Waals surface area (Å²) in [5.41, 5.74) is -0.274. The van der Waals surface area contributed by atoms with Crippen molar-refractivity contribution in [1.29, 1.82) is 0 Å². The smallest absolute Gasteiger partial charge is 0.325 e. The molecule has 1 unspecified atom stereocenters. The van der Waals surface area contributed by atoms with Gasteiger partial charge in [0.2, 0.25) is 5.91 Å². The van der Waals surface area contributed by atoms with Crippen molar-refractivity contribution in [2.75, 3.05) is 26.1 Å². The molecule has 36 heavy (non-hydrogen) atoms. The molecule has 1 aliphatic heterocycles. The number of carbonyl (C=O) groups excluding carboxylic acids is 4. The van der Waals surface area contributed by atoms with Gasteiger partial charge < -0.3 is 25.4 Å². The molecular weight excluding hydrogens is 464 g/mol. The number of imide groups is 1. The number of methoxy groups -OCH3 is 2. The summed E-state index contributed by atoms with van der Waals surface area (Å²) in [6.07, 6.45) is 4.03. The number of nitrogens with zero attached hydrogens (tertiary/aromatic N) is 1. The summed E-state index contributed by atoms with van der Waals surface area (Å²) in [6.45, 7) is 1.06. The molecule has 0 aromatic heterocycles. The van der Waals surface area contributed by atoms with Crippen LogP contribution in [0, 0.1) is 0 Å². The number of ether oxygens (including phenoxy) is 2. The van der Waals surface area contributed by atoms with Crippen LogP contribution >= 0.6 is 0 Å². The largest absolute Gasteiger partial charge is 0.493 e. The normalized spacial score (nSPS) is 19.7. The van der Waals surface area contributed by atoms with E-state index < -0.39 is 29.9 Å². The lowest BCUT2D eigenvalue weighted by Crippen LogP contribution is -2.42. The van der Waals surface area contributed by atoms with Gasteiger partial charge in [0.25, 0.3) is 11.8 Å². The molecule has 2 aliphatic rings. The molecule has 2 fully saturated rings. The summed E-state index contributed by atoms with van der Waals surface area (Å²) in [5, 5.41) is 8.35. The molecule has 1 atom stereocenters. The third-order valence-corrected chi connectivity index (χ3v) is 6.67. The van der Waals surface area contributed by atoms with Crippen molar-refractivity contribution in [3.8, 4) is 11.5 Å². The van der Waals surface area contributed by atoms with Gasteiger partial charge in [0.1, 0.15) is 12.1 Å². The highest BCUT2D eigenvalue weighted by Gasteiger charge is 2.49. The van der Waals surface area contributed by atoms with Crippen LogP contribution in [-0.4, -0.2) is 55.5 Å². The van der Waals surface area contributed by atoms with Crippen LogP contribution < -0.4 is 25.4 Å². The van der Waals surface area contributed by atoms with Crippen molar-refractivity contribution in [2.24, 2.45) is 0 Å². The fourth-order valence-corrected chi connectivity index (χ4v) is 4.64. The molecule has 0 spiro atoms. The van der Waals surface area contributed by atoms with Crippen LogP contribution in [0.5, 0.6) is 11.5 Å². The van der Waals surface area contributed by atoms with Gasteiger partial charge in [-0.15, -0.1) is 0 Å². The van der Waals surface area contributed by atoms with Crippen LogP contribution in [0.1, 0.15) is 48.5 Å². The third kappa shape index (κ3) is 4.84. The van der Waals surface area contributed by atoms with E-state index in [1.165, 1.54) is 14.2 Å². The molecule has 0 bridgehead atoms. The van der Waals surface area contributed by atoms with Gasteiger partial charge in [0.05, 0.1) is 25.5 Å². The zero-order chi connectivity index (χ0) is 25.9.